The first kappa shape index (κ1) is 12.5. The van der Waals surface area contributed by atoms with E-state index in [1.807, 2.05) is 0 Å². The van der Waals surface area contributed by atoms with Gasteiger partial charge in [-0.15, -0.1) is 0 Å². The maximum Gasteiger partial charge on any atom is 0.296 e. The molecule has 0 aliphatic rings. The third-order valence-electron chi connectivity index (χ3n) is 1.51. The predicted molar refractivity (Wildman–Crippen MR) is 54.0 cm³/mol. The van der Waals surface area contributed by atoms with Gasteiger partial charge >= 0.3 is 0 Å². The standard InChI is InChI=1S/C6H6O6PS2/c7-14(8,9)5-3-1-2-4(13)6(5)15(10,11)12/h1-3,13H,(H,7,8,9)(H,10,11,12). The molecule has 0 unspecified atom stereocenters. The third kappa shape index (κ3) is 2.73. The average molecular weight is 269 g/mol. The van der Waals surface area contributed by atoms with Crippen molar-refractivity contribution in [1.82, 2.24) is 0 Å². The molecule has 83 valence electrons. The fourth-order valence-corrected chi connectivity index (χ4v) is 3.59. The molecule has 0 atom stereocenters. The van der Waals surface area contributed by atoms with Gasteiger partial charge in [0.2, 0.25) is 0 Å². The van der Waals surface area contributed by atoms with Gasteiger partial charge in [0.15, 0.2) is 0 Å². The largest absolute Gasteiger partial charge is 0.296 e. The summed E-state index contributed by atoms with van der Waals surface area (Å²) < 4.78 is 60.9. The van der Waals surface area contributed by atoms with Crippen molar-refractivity contribution in [3.63, 3.8) is 0 Å². The molecule has 0 saturated heterocycles. The summed E-state index contributed by atoms with van der Waals surface area (Å²) in [7, 11) is -6.63. The number of rotatable bonds is 2. The number of benzene rings is 1. The molecule has 0 fully saturated rings. The Bertz CT molecular complexity index is 588. The van der Waals surface area contributed by atoms with Crippen LogP contribution in [0.5, 0.6) is 0 Å². The molecular formula is C6H6O6PS2. The molecule has 0 spiro atoms. The van der Waals surface area contributed by atoms with Gasteiger partial charge in [0.05, 0.1) is 0 Å². The highest BCUT2D eigenvalue weighted by atomic mass is 32.2. The van der Waals surface area contributed by atoms with Gasteiger partial charge < -0.3 is 0 Å². The van der Waals surface area contributed by atoms with E-state index in [1.54, 1.807) is 0 Å². The van der Waals surface area contributed by atoms with Gasteiger partial charge in [-0.05, 0) is 11.4 Å². The van der Waals surface area contributed by atoms with Gasteiger partial charge in [-0.2, -0.15) is 16.8 Å². The Labute approximate surface area is 89.0 Å². The van der Waals surface area contributed by atoms with Crippen molar-refractivity contribution in [2.75, 3.05) is 0 Å². The molecule has 15 heavy (non-hydrogen) atoms. The first-order valence-electron chi connectivity index (χ1n) is 3.43. The summed E-state index contributed by atoms with van der Waals surface area (Å²) in [6, 6.07) is 3.29. The Kier molecular flexibility index (Phi) is 3.18. The molecule has 1 aromatic rings. The minimum Gasteiger partial charge on any atom is -0.282 e. The Balaban J connectivity index is 3.79. The van der Waals surface area contributed by atoms with Crippen LogP contribution in [0, 0.1) is 0 Å². The van der Waals surface area contributed by atoms with Gasteiger partial charge in [0, 0.05) is 0 Å². The van der Waals surface area contributed by atoms with Crippen molar-refractivity contribution in [3.8, 4) is 0 Å². The highest BCUT2D eigenvalue weighted by Gasteiger charge is 2.25. The van der Waals surface area contributed by atoms with Gasteiger partial charge in [-0.25, -0.2) is 0 Å². The Morgan fingerprint density at radius 2 is 1.53 bits per heavy atom. The van der Waals surface area contributed by atoms with Crippen molar-refractivity contribution in [2.24, 2.45) is 0 Å². The van der Waals surface area contributed by atoms with Crippen LogP contribution in [0.15, 0.2) is 28.0 Å². The molecule has 0 aromatic heterocycles. The molecule has 0 bridgehead atoms. The zero-order valence-corrected chi connectivity index (χ0v) is 9.71. The quantitative estimate of drug-likeness (QED) is 0.575. The smallest absolute Gasteiger partial charge is 0.282 e. The molecule has 6 nitrogen and oxygen atoms in total. The molecular weight excluding hydrogens is 263 g/mol. The zero-order chi connectivity index (χ0) is 11.9. The highest BCUT2D eigenvalue weighted by molar-refractivity contribution is 7.89. The van der Waals surface area contributed by atoms with E-state index in [0.29, 0.717) is 0 Å². The Morgan fingerprint density at radius 3 is 1.87 bits per heavy atom. The zero-order valence-electron chi connectivity index (χ0n) is 7.08. The van der Waals surface area contributed by atoms with E-state index in [2.05, 4.69) is 9.24 Å². The van der Waals surface area contributed by atoms with Gasteiger partial charge in [0.25, 0.3) is 20.2 Å². The van der Waals surface area contributed by atoms with Crippen LogP contribution >= 0.6 is 9.24 Å². The maximum atomic E-state index is 10.9. The van der Waals surface area contributed by atoms with Crippen molar-refractivity contribution >= 4 is 34.8 Å². The van der Waals surface area contributed by atoms with Crippen LogP contribution < -0.4 is 5.30 Å². The van der Waals surface area contributed by atoms with Crippen LogP contribution in [0.25, 0.3) is 0 Å². The normalized spacial score (nSPS) is 12.7. The first-order chi connectivity index (χ1) is 6.64. The lowest BCUT2D eigenvalue weighted by molar-refractivity contribution is 0.467. The third-order valence-corrected chi connectivity index (χ3v) is 4.09. The van der Waals surface area contributed by atoms with E-state index < -0.39 is 30.0 Å². The van der Waals surface area contributed by atoms with Gasteiger partial charge in [-0.1, -0.05) is 21.4 Å². The van der Waals surface area contributed by atoms with Crippen LogP contribution in [0.4, 0.5) is 0 Å². The number of hydrogen-bond donors (Lipinski definition) is 2. The lowest BCUT2D eigenvalue weighted by Crippen LogP contribution is -2.15. The van der Waals surface area contributed by atoms with Crippen LogP contribution in [0.3, 0.4) is 0 Å². The Hall–Kier alpha value is -0.530. The van der Waals surface area contributed by atoms with E-state index in [4.69, 9.17) is 9.11 Å². The minimum absolute atomic E-state index is 0.160. The van der Waals surface area contributed by atoms with Crippen molar-refractivity contribution < 1.29 is 25.9 Å². The summed E-state index contributed by atoms with van der Waals surface area (Å²) in [6.07, 6.45) is 0. The van der Waals surface area contributed by atoms with E-state index >= 15 is 0 Å². The number of hydrogen-bond acceptors (Lipinski definition) is 4. The molecule has 2 N–H and O–H groups in total. The summed E-state index contributed by atoms with van der Waals surface area (Å²) in [4.78, 5) is -1.76. The summed E-state index contributed by atoms with van der Waals surface area (Å²) >= 11 is 0. The minimum atomic E-state index is -4.74. The van der Waals surface area contributed by atoms with E-state index in [1.165, 1.54) is 12.1 Å². The molecule has 9 heteroatoms. The monoisotopic (exact) mass is 269 g/mol. The SMILES string of the molecule is O=S(=O)(O)c1cccc([PH])c1S(=O)(=O)O. The molecule has 0 aliphatic carbocycles. The fourth-order valence-electron chi connectivity index (χ4n) is 0.985. The average Bonchev–Trinajstić information content (AvgIpc) is 1.99. The van der Waals surface area contributed by atoms with E-state index in [0.717, 1.165) is 6.07 Å². The topological polar surface area (TPSA) is 109 Å². The predicted octanol–water partition coefficient (Wildman–Crippen LogP) is -0.0519. The molecule has 1 rings (SSSR count). The molecule has 0 saturated carbocycles. The van der Waals surface area contributed by atoms with E-state index in [-0.39, 0.29) is 5.30 Å². The summed E-state index contributed by atoms with van der Waals surface area (Å²) in [6.45, 7) is 0. The van der Waals surface area contributed by atoms with Crippen LogP contribution in [-0.4, -0.2) is 25.9 Å². The lowest BCUT2D eigenvalue weighted by Gasteiger charge is -2.06. The Morgan fingerprint density at radius 1 is 1.00 bits per heavy atom. The fraction of sp³-hybridized carbons (Fsp3) is 0. The van der Waals surface area contributed by atoms with Gasteiger partial charge in [-0.3, -0.25) is 9.11 Å². The van der Waals surface area contributed by atoms with Crippen molar-refractivity contribution in [1.29, 1.82) is 0 Å². The maximum absolute atomic E-state index is 10.9. The molecule has 0 heterocycles. The first-order valence-corrected chi connectivity index (χ1v) is 6.81. The second kappa shape index (κ2) is 3.80. The van der Waals surface area contributed by atoms with Crippen LogP contribution in [0.2, 0.25) is 0 Å². The van der Waals surface area contributed by atoms with Crippen molar-refractivity contribution in [2.45, 2.75) is 9.79 Å². The lowest BCUT2D eigenvalue weighted by atomic mass is 10.4. The van der Waals surface area contributed by atoms with Gasteiger partial charge in [0.1, 0.15) is 9.79 Å². The molecule has 0 amide bonds. The second-order valence-corrected chi connectivity index (χ2v) is 5.87. The van der Waals surface area contributed by atoms with Crippen LogP contribution in [0.1, 0.15) is 0 Å². The molecule has 0 aliphatic heterocycles. The van der Waals surface area contributed by atoms with Crippen LogP contribution in [-0.2, 0) is 20.2 Å². The summed E-state index contributed by atoms with van der Waals surface area (Å²) in [5.41, 5.74) is 0. The molecule has 1 radical (unpaired) electrons. The van der Waals surface area contributed by atoms with E-state index in [9.17, 15) is 16.8 Å². The van der Waals surface area contributed by atoms with Crippen molar-refractivity contribution in [3.05, 3.63) is 18.2 Å². The summed E-state index contributed by atoms with van der Waals surface area (Å²) in [5.74, 6) is 0. The molecule has 1 aromatic carbocycles. The summed E-state index contributed by atoms with van der Waals surface area (Å²) in [5, 5.41) is -0.160. The highest BCUT2D eigenvalue weighted by Crippen LogP contribution is 2.19. The second-order valence-electron chi connectivity index (χ2n) is 2.58.